The molecule has 1 aliphatic rings. The quantitative estimate of drug-likeness (QED) is 0.567. The zero-order chi connectivity index (χ0) is 17.3. The molecule has 0 unspecified atom stereocenters. The molecule has 0 amide bonds. The Balaban J connectivity index is 1.78. The van der Waals surface area contributed by atoms with Crippen molar-refractivity contribution in [3.05, 3.63) is 29.1 Å². The fraction of sp³-hybridized carbons (Fsp3) is 0.500. The number of hydrogen-bond acceptors (Lipinski definition) is 5. The highest BCUT2D eigenvalue weighted by Gasteiger charge is 2.43. The summed E-state index contributed by atoms with van der Waals surface area (Å²) >= 11 is 1.33. The number of aliphatic imine (C=N–C) groups is 1. The predicted octanol–water partition coefficient (Wildman–Crippen LogP) is 4.61. The van der Waals surface area contributed by atoms with E-state index < -0.39 is 0 Å². The lowest BCUT2D eigenvalue weighted by molar-refractivity contribution is 0.471. The molecular formula is C18H24N4OS. The van der Waals surface area contributed by atoms with E-state index in [1.54, 1.807) is 0 Å². The maximum Gasteiger partial charge on any atom is 0.298 e. The Morgan fingerprint density at radius 1 is 1.33 bits per heavy atom. The van der Waals surface area contributed by atoms with Crippen LogP contribution in [-0.2, 0) is 5.41 Å². The molecule has 0 saturated heterocycles. The molecule has 0 radical (unpaired) electrons. The summed E-state index contributed by atoms with van der Waals surface area (Å²) in [6.07, 6.45) is 4.19. The van der Waals surface area contributed by atoms with Gasteiger partial charge < -0.3 is 9.64 Å². The lowest BCUT2D eigenvalue weighted by Crippen LogP contribution is -2.14. The maximum atomic E-state index is 5.98. The predicted molar refractivity (Wildman–Crippen MR) is 98.9 cm³/mol. The van der Waals surface area contributed by atoms with E-state index in [9.17, 15) is 0 Å². The normalized spacial score (nSPS) is 15.7. The van der Waals surface area contributed by atoms with Crippen LogP contribution in [-0.4, -0.2) is 34.2 Å². The van der Waals surface area contributed by atoms with Crippen LogP contribution in [0.1, 0.15) is 43.6 Å². The van der Waals surface area contributed by atoms with Crippen molar-refractivity contribution in [3.8, 4) is 10.9 Å². The first-order valence-corrected chi connectivity index (χ1v) is 9.06. The van der Waals surface area contributed by atoms with Crippen LogP contribution in [0.2, 0.25) is 0 Å². The lowest BCUT2D eigenvalue weighted by Gasteiger charge is -2.11. The summed E-state index contributed by atoms with van der Waals surface area (Å²) in [7, 11) is 2.01. The van der Waals surface area contributed by atoms with Gasteiger partial charge in [0.2, 0.25) is 0 Å². The molecule has 6 heteroatoms. The zero-order valence-corrected chi connectivity index (χ0v) is 15.8. The van der Waals surface area contributed by atoms with Crippen LogP contribution < -0.4 is 4.74 Å². The van der Waals surface area contributed by atoms with Crippen molar-refractivity contribution >= 4 is 23.6 Å². The highest BCUT2D eigenvalue weighted by Crippen LogP contribution is 2.47. The molecule has 0 N–H and O–H groups in total. The second-order valence-electron chi connectivity index (χ2n) is 6.77. The minimum Gasteiger partial charge on any atom is -0.430 e. The molecule has 0 atom stereocenters. The van der Waals surface area contributed by atoms with Crippen molar-refractivity contribution in [1.82, 2.24) is 14.3 Å². The first kappa shape index (κ1) is 16.9. The monoisotopic (exact) mass is 344 g/mol. The Morgan fingerprint density at radius 2 is 2.08 bits per heavy atom. The van der Waals surface area contributed by atoms with Gasteiger partial charge in [0.25, 0.3) is 5.19 Å². The van der Waals surface area contributed by atoms with E-state index in [1.165, 1.54) is 24.4 Å². The van der Waals surface area contributed by atoms with Crippen molar-refractivity contribution in [2.45, 2.75) is 46.0 Å². The summed E-state index contributed by atoms with van der Waals surface area (Å²) in [5, 5.41) is 0.614. The van der Waals surface area contributed by atoms with Crippen LogP contribution in [0.5, 0.6) is 10.9 Å². The number of aryl methyl sites for hydroxylation is 2. The molecule has 0 aliphatic heterocycles. The van der Waals surface area contributed by atoms with Gasteiger partial charge in [0.15, 0.2) is 5.82 Å². The SMILES string of the molecule is CCN(C)C=Nc1cc(C)c(Oc2nc(C3(C)CC3)ns2)cc1C. The molecule has 5 nitrogen and oxygen atoms in total. The zero-order valence-electron chi connectivity index (χ0n) is 15.0. The van der Waals surface area contributed by atoms with Gasteiger partial charge in [-0.2, -0.15) is 9.36 Å². The van der Waals surface area contributed by atoms with Gasteiger partial charge in [0.1, 0.15) is 5.75 Å². The van der Waals surface area contributed by atoms with Gasteiger partial charge in [-0.3, -0.25) is 0 Å². The summed E-state index contributed by atoms with van der Waals surface area (Å²) in [5.41, 5.74) is 3.26. The summed E-state index contributed by atoms with van der Waals surface area (Å²) in [6, 6.07) is 4.07. The van der Waals surface area contributed by atoms with E-state index in [0.29, 0.717) is 5.19 Å². The van der Waals surface area contributed by atoms with Gasteiger partial charge in [-0.15, -0.1) is 0 Å². The Bertz CT molecular complexity index is 764. The van der Waals surface area contributed by atoms with Crippen LogP contribution >= 0.6 is 11.5 Å². The van der Waals surface area contributed by atoms with E-state index in [-0.39, 0.29) is 5.41 Å². The van der Waals surface area contributed by atoms with E-state index in [0.717, 1.165) is 34.9 Å². The molecule has 1 aromatic heterocycles. The number of ether oxygens (including phenoxy) is 1. The van der Waals surface area contributed by atoms with Gasteiger partial charge in [-0.05, 0) is 56.9 Å². The van der Waals surface area contributed by atoms with Gasteiger partial charge >= 0.3 is 0 Å². The molecule has 24 heavy (non-hydrogen) atoms. The molecule has 2 aromatic rings. The molecule has 128 valence electrons. The van der Waals surface area contributed by atoms with E-state index in [2.05, 4.69) is 34.3 Å². The van der Waals surface area contributed by atoms with E-state index in [4.69, 9.17) is 4.74 Å². The van der Waals surface area contributed by atoms with Crippen LogP contribution in [0.3, 0.4) is 0 Å². The number of hydrogen-bond donors (Lipinski definition) is 0. The van der Waals surface area contributed by atoms with Crippen LogP contribution in [0.25, 0.3) is 0 Å². The summed E-state index contributed by atoms with van der Waals surface area (Å²) in [5.74, 6) is 1.74. The van der Waals surface area contributed by atoms with Crippen molar-refractivity contribution in [2.24, 2.45) is 4.99 Å². The van der Waals surface area contributed by atoms with Crippen molar-refractivity contribution in [2.75, 3.05) is 13.6 Å². The molecular weight excluding hydrogens is 320 g/mol. The third-order valence-corrected chi connectivity index (χ3v) is 5.13. The second kappa shape index (κ2) is 6.51. The van der Waals surface area contributed by atoms with Crippen molar-refractivity contribution in [1.29, 1.82) is 0 Å². The largest absolute Gasteiger partial charge is 0.430 e. The summed E-state index contributed by atoms with van der Waals surface area (Å²) in [6.45, 7) is 9.30. The smallest absolute Gasteiger partial charge is 0.298 e. The number of aromatic nitrogens is 2. The Labute approximate surface area is 147 Å². The Morgan fingerprint density at radius 3 is 2.75 bits per heavy atom. The molecule has 1 heterocycles. The minimum absolute atomic E-state index is 0.174. The van der Waals surface area contributed by atoms with Crippen molar-refractivity contribution < 1.29 is 4.74 Å². The van der Waals surface area contributed by atoms with Gasteiger partial charge in [-0.25, -0.2) is 4.99 Å². The molecule has 1 saturated carbocycles. The van der Waals surface area contributed by atoms with Crippen LogP contribution in [0.4, 0.5) is 5.69 Å². The Hall–Kier alpha value is -1.95. The van der Waals surface area contributed by atoms with Gasteiger partial charge in [0.05, 0.1) is 12.0 Å². The minimum atomic E-state index is 0.174. The number of benzene rings is 1. The first-order valence-electron chi connectivity index (χ1n) is 8.29. The third-order valence-electron chi connectivity index (χ3n) is 4.53. The van der Waals surface area contributed by atoms with Crippen molar-refractivity contribution in [3.63, 3.8) is 0 Å². The van der Waals surface area contributed by atoms with E-state index in [1.807, 2.05) is 38.2 Å². The highest BCUT2D eigenvalue weighted by molar-refractivity contribution is 7.07. The number of rotatable bonds is 6. The van der Waals surface area contributed by atoms with Crippen LogP contribution in [0.15, 0.2) is 17.1 Å². The third kappa shape index (κ3) is 3.59. The number of nitrogens with zero attached hydrogens (tertiary/aromatic N) is 4. The first-order chi connectivity index (χ1) is 11.4. The molecule has 1 aromatic carbocycles. The lowest BCUT2D eigenvalue weighted by atomic mass is 10.1. The molecule has 0 spiro atoms. The summed E-state index contributed by atoms with van der Waals surface area (Å²) < 4.78 is 10.4. The Kier molecular flexibility index (Phi) is 4.58. The highest BCUT2D eigenvalue weighted by atomic mass is 32.1. The van der Waals surface area contributed by atoms with Crippen LogP contribution in [0, 0.1) is 13.8 Å². The second-order valence-corrected chi connectivity index (χ2v) is 7.48. The average molecular weight is 344 g/mol. The molecule has 0 bridgehead atoms. The van der Waals surface area contributed by atoms with E-state index >= 15 is 0 Å². The fourth-order valence-electron chi connectivity index (χ4n) is 2.27. The average Bonchev–Trinajstić information content (AvgIpc) is 3.12. The topological polar surface area (TPSA) is 50.6 Å². The fourth-order valence-corrected chi connectivity index (χ4v) is 2.95. The summed E-state index contributed by atoms with van der Waals surface area (Å²) in [4.78, 5) is 11.1. The molecule has 3 rings (SSSR count). The van der Waals surface area contributed by atoms with Gasteiger partial charge in [-0.1, -0.05) is 6.92 Å². The molecule has 1 aliphatic carbocycles. The molecule has 1 fully saturated rings. The standard InChI is InChI=1S/C18H24N4OS/c1-6-22(5)11-19-14-9-13(3)15(10-12(14)2)23-17-20-16(21-24-17)18(4)7-8-18/h9-11H,6-8H2,1-5H3. The maximum absolute atomic E-state index is 5.98. The van der Waals surface area contributed by atoms with Gasteiger partial charge in [0, 0.05) is 30.5 Å².